The van der Waals surface area contributed by atoms with Crippen LogP contribution in [0.3, 0.4) is 0 Å². The number of carboxylic acids is 1. The summed E-state index contributed by atoms with van der Waals surface area (Å²) in [7, 11) is 3.09. The summed E-state index contributed by atoms with van der Waals surface area (Å²) < 4.78 is 16.3. The Morgan fingerprint density at radius 1 is 1.00 bits per heavy atom. The van der Waals surface area contributed by atoms with Crippen LogP contribution in [-0.2, 0) is 4.79 Å². The number of methoxy groups -OCH3 is 2. The Hall–Kier alpha value is -2.69. The van der Waals surface area contributed by atoms with Crippen LogP contribution in [0.5, 0.6) is 17.2 Å². The van der Waals surface area contributed by atoms with Gasteiger partial charge in [-0.15, -0.1) is 0 Å². The molecule has 1 N–H and O–H groups in total. The molecule has 0 radical (unpaired) electrons. The van der Waals surface area contributed by atoms with E-state index in [4.69, 9.17) is 14.2 Å². The largest absolute Gasteiger partial charge is 0.493 e. The predicted octanol–water partition coefficient (Wildman–Crippen LogP) is 3.34. The van der Waals surface area contributed by atoms with Gasteiger partial charge in [0.1, 0.15) is 0 Å². The first-order valence-electron chi connectivity index (χ1n) is 7.29. The first-order chi connectivity index (χ1) is 11.2. The topological polar surface area (TPSA) is 65.0 Å². The molecule has 1 atom stereocenters. The average Bonchev–Trinajstić information content (AvgIpc) is 2.58. The summed E-state index contributed by atoms with van der Waals surface area (Å²) in [6.45, 7) is 0.239. The lowest BCUT2D eigenvalue weighted by Crippen LogP contribution is -2.15. The van der Waals surface area contributed by atoms with E-state index in [1.807, 2.05) is 30.3 Å². The number of hydrogen-bond donors (Lipinski definition) is 1. The molecule has 0 aliphatic rings. The molecule has 0 amide bonds. The SMILES string of the molecule is COc1cccc(OC)c1OCCC(C(=O)O)c1ccccc1. The summed E-state index contributed by atoms with van der Waals surface area (Å²) in [6, 6.07) is 14.5. The molecular weight excluding hydrogens is 296 g/mol. The number of ether oxygens (including phenoxy) is 3. The van der Waals surface area contributed by atoms with Gasteiger partial charge < -0.3 is 19.3 Å². The van der Waals surface area contributed by atoms with Crippen molar-refractivity contribution >= 4 is 5.97 Å². The zero-order valence-electron chi connectivity index (χ0n) is 13.2. The first-order valence-corrected chi connectivity index (χ1v) is 7.29. The molecule has 1 unspecified atom stereocenters. The molecule has 122 valence electrons. The molecule has 0 heterocycles. The third-order valence-electron chi connectivity index (χ3n) is 3.54. The molecule has 5 heteroatoms. The Balaban J connectivity index is 2.08. The highest BCUT2D eigenvalue weighted by Gasteiger charge is 2.20. The quantitative estimate of drug-likeness (QED) is 0.809. The maximum atomic E-state index is 11.5. The number of benzene rings is 2. The average molecular weight is 316 g/mol. The van der Waals surface area contributed by atoms with Crippen LogP contribution >= 0.6 is 0 Å². The van der Waals surface area contributed by atoms with Crippen molar-refractivity contribution in [2.24, 2.45) is 0 Å². The van der Waals surface area contributed by atoms with Gasteiger partial charge in [0.05, 0.1) is 26.7 Å². The zero-order chi connectivity index (χ0) is 16.7. The molecule has 0 fully saturated rings. The molecule has 5 nitrogen and oxygen atoms in total. The highest BCUT2D eigenvalue weighted by Crippen LogP contribution is 2.37. The maximum Gasteiger partial charge on any atom is 0.311 e. The monoisotopic (exact) mass is 316 g/mol. The van der Waals surface area contributed by atoms with E-state index in [2.05, 4.69) is 0 Å². The molecular formula is C18H20O5. The van der Waals surface area contributed by atoms with Gasteiger partial charge in [-0.05, 0) is 24.1 Å². The molecule has 2 aromatic carbocycles. The second kappa shape index (κ2) is 8.08. The maximum absolute atomic E-state index is 11.5. The van der Waals surface area contributed by atoms with Gasteiger partial charge in [0, 0.05) is 0 Å². The molecule has 0 spiro atoms. The molecule has 2 rings (SSSR count). The Labute approximate surface area is 135 Å². The van der Waals surface area contributed by atoms with E-state index >= 15 is 0 Å². The van der Waals surface area contributed by atoms with Gasteiger partial charge in [-0.3, -0.25) is 4.79 Å². The number of aliphatic carboxylic acids is 1. The molecule has 0 aromatic heterocycles. The molecule has 0 saturated carbocycles. The van der Waals surface area contributed by atoms with E-state index in [0.29, 0.717) is 23.7 Å². The molecule has 2 aromatic rings. The smallest absolute Gasteiger partial charge is 0.311 e. The van der Waals surface area contributed by atoms with Crippen LogP contribution < -0.4 is 14.2 Å². The van der Waals surface area contributed by atoms with Gasteiger partial charge in [0.25, 0.3) is 0 Å². The van der Waals surface area contributed by atoms with Crippen LogP contribution in [0, 0.1) is 0 Å². The van der Waals surface area contributed by atoms with E-state index in [1.54, 1.807) is 32.4 Å². The number of carbonyl (C=O) groups is 1. The van der Waals surface area contributed by atoms with Crippen LogP contribution in [0.1, 0.15) is 17.9 Å². The molecule has 0 saturated heterocycles. The van der Waals surface area contributed by atoms with Gasteiger partial charge in [-0.25, -0.2) is 0 Å². The summed E-state index contributed by atoms with van der Waals surface area (Å²) >= 11 is 0. The molecule has 0 aliphatic carbocycles. The second-order valence-electron chi connectivity index (χ2n) is 4.93. The summed E-state index contributed by atoms with van der Waals surface area (Å²) in [5, 5.41) is 9.42. The third-order valence-corrected chi connectivity index (χ3v) is 3.54. The van der Waals surface area contributed by atoms with Crippen LogP contribution in [0.15, 0.2) is 48.5 Å². The van der Waals surface area contributed by atoms with Crippen molar-refractivity contribution in [1.82, 2.24) is 0 Å². The van der Waals surface area contributed by atoms with Gasteiger partial charge >= 0.3 is 5.97 Å². The van der Waals surface area contributed by atoms with Crippen molar-refractivity contribution in [3.8, 4) is 17.2 Å². The first kappa shape index (κ1) is 16.7. The lowest BCUT2D eigenvalue weighted by molar-refractivity contribution is -0.139. The van der Waals surface area contributed by atoms with Gasteiger partial charge in [0.15, 0.2) is 11.5 Å². The Morgan fingerprint density at radius 2 is 1.61 bits per heavy atom. The fraction of sp³-hybridized carbons (Fsp3) is 0.278. The third kappa shape index (κ3) is 4.16. The van der Waals surface area contributed by atoms with E-state index in [0.717, 1.165) is 5.56 Å². The molecule has 23 heavy (non-hydrogen) atoms. The Bertz CT molecular complexity index is 617. The minimum Gasteiger partial charge on any atom is -0.493 e. The minimum atomic E-state index is -0.869. The van der Waals surface area contributed by atoms with E-state index in [1.165, 1.54) is 0 Å². The number of hydrogen-bond acceptors (Lipinski definition) is 4. The van der Waals surface area contributed by atoms with Crippen LogP contribution in [0.2, 0.25) is 0 Å². The Morgan fingerprint density at radius 3 is 2.13 bits per heavy atom. The summed E-state index contributed by atoms with van der Waals surface area (Å²) in [5.74, 6) is 0.102. The van der Waals surface area contributed by atoms with Gasteiger partial charge in [-0.1, -0.05) is 36.4 Å². The van der Waals surface area contributed by atoms with Gasteiger partial charge in [-0.2, -0.15) is 0 Å². The Kier molecular flexibility index (Phi) is 5.86. The van der Waals surface area contributed by atoms with Crippen molar-refractivity contribution in [3.05, 3.63) is 54.1 Å². The summed E-state index contributed by atoms with van der Waals surface area (Å²) in [4.78, 5) is 11.5. The normalized spacial score (nSPS) is 11.6. The van der Waals surface area contributed by atoms with Gasteiger partial charge in [0.2, 0.25) is 5.75 Å². The van der Waals surface area contributed by atoms with Crippen LogP contribution in [0.4, 0.5) is 0 Å². The number of carboxylic acid groups (broad SMARTS) is 1. The number of para-hydroxylation sites is 1. The summed E-state index contributed by atoms with van der Waals surface area (Å²) in [6.07, 6.45) is 0.348. The lowest BCUT2D eigenvalue weighted by atomic mass is 9.96. The summed E-state index contributed by atoms with van der Waals surface area (Å²) in [5.41, 5.74) is 0.760. The predicted molar refractivity (Wildman–Crippen MR) is 86.5 cm³/mol. The van der Waals surface area contributed by atoms with E-state index in [9.17, 15) is 9.90 Å². The van der Waals surface area contributed by atoms with Crippen LogP contribution in [-0.4, -0.2) is 31.9 Å². The minimum absolute atomic E-state index is 0.239. The zero-order valence-corrected chi connectivity index (χ0v) is 13.2. The van der Waals surface area contributed by atoms with E-state index < -0.39 is 11.9 Å². The van der Waals surface area contributed by atoms with Crippen molar-refractivity contribution < 1.29 is 24.1 Å². The highest BCUT2D eigenvalue weighted by molar-refractivity contribution is 5.76. The fourth-order valence-corrected chi connectivity index (χ4v) is 2.36. The van der Waals surface area contributed by atoms with Crippen molar-refractivity contribution in [1.29, 1.82) is 0 Å². The standard InChI is InChI=1S/C18H20O5/c1-21-15-9-6-10-16(22-2)17(15)23-12-11-14(18(19)20)13-7-4-3-5-8-13/h3-10,14H,11-12H2,1-2H3,(H,19,20). The number of rotatable bonds is 8. The van der Waals surface area contributed by atoms with Crippen molar-refractivity contribution in [3.63, 3.8) is 0 Å². The van der Waals surface area contributed by atoms with Crippen molar-refractivity contribution in [2.45, 2.75) is 12.3 Å². The second-order valence-corrected chi connectivity index (χ2v) is 4.93. The highest BCUT2D eigenvalue weighted by atomic mass is 16.5. The lowest BCUT2D eigenvalue weighted by Gasteiger charge is -2.16. The van der Waals surface area contributed by atoms with E-state index in [-0.39, 0.29) is 6.61 Å². The van der Waals surface area contributed by atoms with Crippen LogP contribution in [0.25, 0.3) is 0 Å². The fourth-order valence-electron chi connectivity index (χ4n) is 2.36. The molecule has 0 bridgehead atoms. The molecule has 0 aliphatic heterocycles. The van der Waals surface area contributed by atoms with Crippen molar-refractivity contribution in [2.75, 3.05) is 20.8 Å².